The number of carbonyl (C=O) groups excluding carboxylic acids is 1. The van der Waals surface area contributed by atoms with Gasteiger partial charge in [0.05, 0.1) is 19.8 Å². The molecule has 0 bridgehead atoms. The first-order valence-electron chi connectivity index (χ1n) is 11.1. The Morgan fingerprint density at radius 1 is 0.769 bits per heavy atom. The molecule has 26 heavy (non-hydrogen) atoms. The molecule has 0 spiro atoms. The minimum atomic E-state index is -1.03. The molecule has 0 aliphatic heterocycles. The molecule has 0 aromatic carbocycles. The molecule has 0 aromatic rings. The van der Waals surface area contributed by atoms with Crippen molar-refractivity contribution in [3.8, 4) is 0 Å². The lowest BCUT2D eigenvalue weighted by molar-refractivity contribution is -0.130. The predicted octanol–water partition coefficient (Wildman–Crippen LogP) is 5.19. The largest absolute Gasteiger partial charge is 0.394 e. The molecule has 0 heterocycles. The van der Waals surface area contributed by atoms with E-state index in [1.165, 1.54) is 83.5 Å². The average molecular weight is 373 g/mol. The number of ketones is 1. The summed E-state index contributed by atoms with van der Waals surface area (Å²) in [6, 6.07) is 0. The van der Waals surface area contributed by atoms with Crippen molar-refractivity contribution in [3.63, 3.8) is 0 Å². The number of ether oxygens (including phenoxy) is 1. The lowest BCUT2D eigenvalue weighted by atomic mass is 10.0. The van der Waals surface area contributed by atoms with Gasteiger partial charge in [0.25, 0.3) is 0 Å². The van der Waals surface area contributed by atoms with Gasteiger partial charge >= 0.3 is 0 Å². The molecule has 1 atom stereocenters. The molecule has 156 valence electrons. The first-order chi connectivity index (χ1) is 12.7. The third-order valence-electron chi connectivity index (χ3n) is 4.91. The number of hydrogen-bond donors (Lipinski definition) is 2. The molecule has 2 N–H and O–H groups in total. The third kappa shape index (κ3) is 18.3. The summed E-state index contributed by atoms with van der Waals surface area (Å²) in [4.78, 5) is 11.7. The van der Waals surface area contributed by atoms with Crippen LogP contribution in [0.3, 0.4) is 0 Å². The zero-order valence-electron chi connectivity index (χ0n) is 17.2. The number of aliphatic hydroxyl groups excluding tert-OH is 2. The van der Waals surface area contributed by atoms with Crippen LogP contribution in [0.25, 0.3) is 0 Å². The molecule has 4 nitrogen and oxygen atoms in total. The SMILES string of the molecule is CCCCCCCCCCCCCCCCCC(=O)C(O)COCCO. The topological polar surface area (TPSA) is 66.8 Å². The van der Waals surface area contributed by atoms with Gasteiger partial charge in [0.15, 0.2) is 5.78 Å². The Labute approximate surface area is 161 Å². The highest BCUT2D eigenvalue weighted by Gasteiger charge is 2.14. The van der Waals surface area contributed by atoms with Crippen LogP contribution < -0.4 is 0 Å². The van der Waals surface area contributed by atoms with Gasteiger partial charge in [0.2, 0.25) is 0 Å². The molecule has 0 fully saturated rings. The molecule has 1 unspecified atom stereocenters. The number of aliphatic hydroxyl groups is 2. The molecule has 0 aromatic heterocycles. The Hall–Kier alpha value is -0.450. The number of unbranched alkanes of at least 4 members (excludes halogenated alkanes) is 14. The normalized spacial score (nSPS) is 12.4. The lowest BCUT2D eigenvalue weighted by Gasteiger charge is -2.09. The van der Waals surface area contributed by atoms with Gasteiger partial charge in [-0.1, -0.05) is 96.8 Å². The third-order valence-corrected chi connectivity index (χ3v) is 4.91. The summed E-state index contributed by atoms with van der Waals surface area (Å²) in [5, 5.41) is 18.2. The molecular weight excluding hydrogens is 328 g/mol. The molecular formula is C22H44O4. The summed E-state index contributed by atoms with van der Waals surface area (Å²) >= 11 is 0. The van der Waals surface area contributed by atoms with Crippen LogP contribution in [0.2, 0.25) is 0 Å². The van der Waals surface area contributed by atoms with Gasteiger partial charge in [-0.2, -0.15) is 0 Å². The van der Waals surface area contributed by atoms with Crippen LogP contribution in [0.5, 0.6) is 0 Å². The van der Waals surface area contributed by atoms with Gasteiger partial charge < -0.3 is 14.9 Å². The lowest BCUT2D eigenvalue weighted by Crippen LogP contribution is -2.26. The Balaban J connectivity index is 3.20. The minimum absolute atomic E-state index is 0.00185. The smallest absolute Gasteiger partial charge is 0.163 e. The van der Waals surface area contributed by atoms with E-state index in [2.05, 4.69) is 6.92 Å². The van der Waals surface area contributed by atoms with Crippen molar-refractivity contribution in [2.45, 2.75) is 116 Å². The van der Waals surface area contributed by atoms with Crippen LogP contribution in [0.15, 0.2) is 0 Å². The Kier molecular flexibility index (Phi) is 20.5. The maximum atomic E-state index is 11.7. The molecule has 0 amide bonds. The van der Waals surface area contributed by atoms with E-state index in [4.69, 9.17) is 9.84 Å². The highest BCUT2D eigenvalue weighted by Crippen LogP contribution is 2.14. The number of rotatable bonds is 21. The fourth-order valence-electron chi connectivity index (χ4n) is 3.19. The zero-order valence-corrected chi connectivity index (χ0v) is 17.2. The molecule has 0 saturated heterocycles. The summed E-state index contributed by atoms with van der Waals surface area (Å²) in [7, 11) is 0. The van der Waals surface area contributed by atoms with Crippen molar-refractivity contribution in [2.24, 2.45) is 0 Å². The van der Waals surface area contributed by atoms with E-state index in [0.29, 0.717) is 6.42 Å². The van der Waals surface area contributed by atoms with Gasteiger partial charge in [-0.15, -0.1) is 0 Å². The fraction of sp³-hybridized carbons (Fsp3) is 0.955. The van der Waals surface area contributed by atoms with Crippen molar-refractivity contribution >= 4 is 5.78 Å². The molecule has 0 rings (SSSR count). The van der Waals surface area contributed by atoms with Crippen LogP contribution in [0, 0.1) is 0 Å². The second kappa shape index (κ2) is 20.9. The van der Waals surface area contributed by atoms with E-state index in [1.807, 2.05) is 0 Å². The molecule has 4 heteroatoms. The van der Waals surface area contributed by atoms with E-state index in [-0.39, 0.29) is 25.6 Å². The number of carbonyl (C=O) groups is 1. The van der Waals surface area contributed by atoms with Crippen molar-refractivity contribution in [1.29, 1.82) is 0 Å². The second-order valence-corrected chi connectivity index (χ2v) is 7.48. The van der Waals surface area contributed by atoms with Crippen molar-refractivity contribution in [3.05, 3.63) is 0 Å². The van der Waals surface area contributed by atoms with E-state index < -0.39 is 6.10 Å². The Morgan fingerprint density at radius 2 is 1.19 bits per heavy atom. The van der Waals surface area contributed by atoms with E-state index >= 15 is 0 Å². The summed E-state index contributed by atoms with van der Waals surface area (Å²) in [6.45, 7) is 2.35. The highest BCUT2D eigenvalue weighted by molar-refractivity contribution is 5.82. The quantitative estimate of drug-likeness (QED) is 0.272. The second-order valence-electron chi connectivity index (χ2n) is 7.48. The Bertz CT molecular complexity index is 294. The van der Waals surface area contributed by atoms with Crippen molar-refractivity contribution in [1.82, 2.24) is 0 Å². The van der Waals surface area contributed by atoms with E-state index in [1.54, 1.807) is 0 Å². The minimum Gasteiger partial charge on any atom is -0.394 e. The van der Waals surface area contributed by atoms with Crippen molar-refractivity contribution in [2.75, 3.05) is 19.8 Å². The van der Waals surface area contributed by atoms with Crippen LogP contribution in [-0.4, -0.2) is 41.9 Å². The van der Waals surface area contributed by atoms with Gasteiger partial charge in [0, 0.05) is 6.42 Å². The van der Waals surface area contributed by atoms with Crippen LogP contribution >= 0.6 is 0 Å². The first kappa shape index (κ1) is 25.6. The summed E-state index contributed by atoms with van der Waals surface area (Å²) in [5.74, 6) is -0.141. The molecule has 0 saturated carbocycles. The molecule has 0 aliphatic carbocycles. The standard InChI is InChI=1S/C22H44O4/c1-2-3-4-5-6-7-8-9-10-11-12-13-14-15-16-17-21(24)22(25)20-26-19-18-23/h22-23,25H,2-20H2,1H3. The summed E-state index contributed by atoms with van der Waals surface area (Å²) in [5.41, 5.74) is 0. The predicted molar refractivity (Wildman–Crippen MR) is 108 cm³/mol. The maximum absolute atomic E-state index is 11.7. The van der Waals surface area contributed by atoms with Gasteiger partial charge in [-0.25, -0.2) is 0 Å². The van der Waals surface area contributed by atoms with Gasteiger partial charge in [-0.3, -0.25) is 4.79 Å². The van der Waals surface area contributed by atoms with Crippen molar-refractivity contribution < 1.29 is 19.7 Å². The fourth-order valence-corrected chi connectivity index (χ4v) is 3.19. The van der Waals surface area contributed by atoms with Gasteiger partial charge in [0.1, 0.15) is 6.10 Å². The summed E-state index contributed by atoms with van der Waals surface area (Å²) in [6.07, 6.45) is 19.0. The average Bonchev–Trinajstić information content (AvgIpc) is 2.64. The first-order valence-corrected chi connectivity index (χ1v) is 11.1. The Morgan fingerprint density at radius 3 is 1.62 bits per heavy atom. The van der Waals surface area contributed by atoms with Crippen LogP contribution in [0.1, 0.15) is 110 Å². The maximum Gasteiger partial charge on any atom is 0.163 e. The molecule has 0 radical (unpaired) electrons. The number of Topliss-reactive ketones (excluding diaryl/α,β-unsaturated/α-hetero) is 1. The molecule has 0 aliphatic rings. The summed E-state index contributed by atoms with van der Waals surface area (Å²) < 4.78 is 4.97. The monoisotopic (exact) mass is 372 g/mol. The van der Waals surface area contributed by atoms with Crippen LogP contribution in [0.4, 0.5) is 0 Å². The van der Waals surface area contributed by atoms with E-state index in [9.17, 15) is 9.90 Å². The van der Waals surface area contributed by atoms with E-state index in [0.717, 1.165) is 12.8 Å². The van der Waals surface area contributed by atoms with Crippen LogP contribution in [-0.2, 0) is 9.53 Å². The van der Waals surface area contributed by atoms with Gasteiger partial charge in [-0.05, 0) is 6.42 Å². The number of hydrogen-bond acceptors (Lipinski definition) is 4. The highest BCUT2D eigenvalue weighted by atomic mass is 16.5. The zero-order chi connectivity index (χ0) is 19.3.